The van der Waals surface area contributed by atoms with E-state index in [0.717, 1.165) is 69.2 Å². The molecule has 1 aliphatic heterocycles. The highest BCUT2D eigenvalue weighted by molar-refractivity contribution is 5.76. The third-order valence-electron chi connectivity index (χ3n) is 5.42. The zero-order valence-electron chi connectivity index (χ0n) is 17.4. The van der Waals surface area contributed by atoms with Gasteiger partial charge in [0, 0.05) is 50.3 Å². The second-order valence-electron chi connectivity index (χ2n) is 7.65. The van der Waals surface area contributed by atoms with Gasteiger partial charge in [0.1, 0.15) is 11.6 Å². The number of hydrogen-bond acceptors (Lipinski definition) is 4. The summed E-state index contributed by atoms with van der Waals surface area (Å²) >= 11 is 0. The summed E-state index contributed by atoms with van der Waals surface area (Å²) in [7, 11) is 0. The Morgan fingerprint density at radius 1 is 1.04 bits per heavy atom. The molecule has 3 rings (SSSR count). The van der Waals surface area contributed by atoms with E-state index in [1.165, 1.54) is 11.1 Å². The minimum Gasteiger partial charge on any atom is -0.354 e. The summed E-state index contributed by atoms with van der Waals surface area (Å²) in [5.41, 5.74) is 3.51. The number of carbonyl (C=O) groups is 1. The fourth-order valence-electron chi connectivity index (χ4n) is 3.85. The van der Waals surface area contributed by atoms with Crippen LogP contribution in [-0.2, 0) is 11.2 Å². The largest absolute Gasteiger partial charge is 0.354 e. The molecule has 0 unspecified atom stereocenters. The van der Waals surface area contributed by atoms with Crippen LogP contribution in [0.4, 0.5) is 5.82 Å². The van der Waals surface area contributed by atoms with E-state index in [0.29, 0.717) is 12.3 Å². The van der Waals surface area contributed by atoms with Gasteiger partial charge in [-0.25, -0.2) is 9.97 Å². The third-order valence-corrected chi connectivity index (χ3v) is 5.42. The summed E-state index contributed by atoms with van der Waals surface area (Å²) in [6.45, 7) is 9.54. The molecule has 0 bridgehead atoms. The highest BCUT2D eigenvalue weighted by atomic mass is 16.2. The van der Waals surface area contributed by atoms with Crippen molar-refractivity contribution in [3.8, 4) is 0 Å². The van der Waals surface area contributed by atoms with E-state index >= 15 is 0 Å². The van der Waals surface area contributed by atoms with Crippen LogP contribution in [0.25, 0.3) is 0 Å². The molecule has 28 heavy (non-hydrogen) atoms. The van der Waals surface area contributed by atoms with Crippen molar-refractivity contribution in [2.24, 2.45) is 0 Å². The summed E-state index contributed by atoms with van der Waals surface area (Å²) in [6.07, 6.45) is 4.52. The Morgan fingerprint density at radius 2 is 1.82 bits per heavy atom. The predicted octanol–water partition coefficient (Wildman–Crippen LogP) is 3.91. The average Bonchev–Trinajstić information content (AvgIpc) is 2.95. The number of hydrogen-bond donors (Lipinski definition) is 0. The van der Waals surface area contributed by atoms with E-state index in [9.17, 15) is 4.79 Å². The molecule has 0 aliphatic carbocycles. The Labute approximate surface area is 168 Å². The molecular weight excluding hydrogens is 348 g/mol. The maximum absolute atomic E-state index is 12.5. The summed E-state index contributed by atoms with van der Waals surface area (Å²) in [5.74, 6) is 2.14. The molecule has 1 saturated heterocycles. The highest BCUT2D eigenvalue weighted by Crippen LogP contribution is 2.25. The normalized spacial score (nSPS) is 14.8. The number of rotatable bonds is 6. The van der Waals surface area contributed by atoms with Crippen LogP contribution < -0.4 is 4.90 Å². The summed E-state index contributed by atoms with van der Waals surface area (Å²) in [5, 5.41) is 0. The van der Waals surface area contributed by atoms with Gasteiger partial charge >= 0.3 is 0 Å². The van der Waals surface area contributed by atoms with Gasteiger partial charge in [-0.05, 0) is 32.3 Å². The third kappa shape index (κ3) is 5.09. The summed E-state index contributed by atoms with van der Waals surface area (Å²) in [6, 6.07) is 10.5. The Kier molecular flexibility index (Phi) is 7.01. The molecule has 5 nitrogen and oxygen atoms in total. The maximum atomic E-state index is 12.5. The molecule has 1 aromatic heterocycles. The van der Waals surface area contributed by atoms with E-state index in [4.69, 9.17) is 4.98 Å². The second kappa shape index (κ2) is 9.67. The minimum atomic E-state index is 0.295. The van der Waals surface area contributed by atoms with Gasteiger partial charge in [0.2, 0.25) is 5.91 Å². The maximum Gasteiger partial charge on any atom is 0.222 e. The lowest BCUT2D eigenvalue weighted by atomic mass is 10.0. The van der Waals surface area contributed by atoms with Gasteiger partial charge in [-0.3, -0.25) is 4.79 Å². The lowest BCUT2D eigenvalue weighted by Crippen LogP contribution is -2.35. The standard InChI is InChI=1S/C23H32N4O/c1-4-5-12-22(28)26-13-9-14-27(16-15-26)23-21(18(2)24-19(3)25-23)17-20-10-7-6-8-11-20/h6-8,10-11H,4-5,9,12-17H2,1-3H3. The monoisotopic (exact) mass is 380 g/mol. The van der Waals surface area contributed by atoms with Crippen molar-refractivity contribution in [2.45, 2.75) is 52.9 Å². The molecule has 0 atom stereocenters. The quantitative estimate of drug-likeness (QED) is 0.762. The van der Waals surface area contributed by atoms with Crippen molar-refractivity contribution >= 4 is 11.7 Å². The zero-order chi connectivity index (χ0) is 19.9. The highest BCUT2D eigenvalue weighted by Gasteiger charge is 2.22. The molecular formula is C23H32N4O. The van der Waals surface area contributed by atoms with Crippen LogP contribution in [0.3, 0.4) is 0 Å². The SMILES string of the molecule is CCCCC(=O)N1CCCN(c2nc(C)nc(C)c2Cc2ccccc2)CC1. The van der Waals surface area contributed by atoms with E-state index in [-0.39, 0.29) is 0 Å². The number of aryl methyl sites for hydroxylation is 2. The Morgan fingerprint density at radius 3 is 2.57 bits per heavy atom. The van der Waals surface area contributed by atoms with Crippen molar-refractivity contribution in [1.82, 2.24) is 14.9 Å². The van der Waals surface area contributed by atoms with Crippen LogP contribution >= 0.6 is 0 Å². The molecule has 0 spiro atoms. The molecule has 0 radical (unpaired) electrons. The Hall–Kier alpha value is -2.43. The van der Waals surface area contributed by atoms with Gasteiger partial charge in [0.25, 0.3) is 0 Å². The van der Waals surface area contributed by atoms with Crippen LogP contribution in [0.2, 0.25) is 0 Å². The van der Waals surface area contributed by atoms with Crippen molar-refractivity contribution in [3.05, 3.63) is 53.0 Å². The lowest BCUT2D eigenvalue weighted by molar-refractivity contribution is -0.131. The van der Waals surface area contributed by atoms with Crippen molar-refractivity contribution in [3.63, 3.8) is 0 Å². The fourth-order valence-corrected chi connectivity index (χ4v) is 3.85. The number of unbranched alkanes of at least 4 members (excludes halogenated alkanes) is 1. The van der Waals surface area contributed by atoms with Crippen LogP contribution in [0.1, 0.15) is 55.3 Å². The lowest BCUT2D eigenvalue weighted by Gasteiger charge is -2.26. The summed E-state index contributed by atoms with van der Waals surface area (Å²) in [4.78, 5) is 26.3. The molecule has 1 fully saturated rings. The molecule has 5 heteroatoms. The summed E-state index contributed by atoms with van der Waals surface area (Å²) < 4.78 is 0. The number of benzene rings is 1. The number of nitrogens with zero attached hydrogens (tertiary/aromatic N) is 4. The molecule has 1 aromatic carbocycles. The first-order valence-corrected chi connectivity index (χ1v) is 10.5. The van der Waals surface area contributed by atoms with E-state index < -0.39 is 0 Å². The first-order chi connectivity index (χ1) is 13.6. The fraction of sp³-hybridized carbons (Fsp3) is 0.522. The molecule has 150 valence electrons. The van der Waals surface area contributed by atoms with E-state index in [2.05, 4.69) is 48.0 Å². The number of amides is 1. The van der Waals surface area contributed by atoms with E-state index in [1.54, 1.807) is 0 Å². The smallest absolute Gasteiger partial charge is 0.222 e. The predicted molar refractivity (Wildman–Crippen MR) is 114 cm³/mol. The molecule has 1 aliphatic rings. The number of anilines is 1. The molecule has 0 saturated carbocycles. The van der Waals surface area contributed by atoms with Gasteiger partial charge < -0.3 is 9.80 Å². The molecule has 2 aromatic rings. The van der Waals surface area contributed by atoms with Crippen LogP contribution in [0.15, 0.2) is 30.3 Å². The van der Waals surface area contributed by atoms with Crippen molar-refractivity contribution in [2.75, 3.05) is 31.1 Å². The molecule has 0 N–H and O–H groups in total. The Bertz CT molecular complexity index is 791. The van der Waals surface area contributed by atoms with E-state index in [1.807, 2.05) is 17.9 Å². The number of carbonyl (C=O) groups excluding carboxylic acids is 1. The second-order valence-corrected chi connectivity index (χ2v) is 7.65. The Balaban J connectivity index is 1.79. The number of aromatic nitrogens is 2. The average molecular weight is 381 g/mol. The van der Waals surface area contributed by atoms with Crippen molar-refractivity contribution < 1.29 is 4.79 Å². The minimum absolute atomic E-state index is 0.295. The van der Waals surface area contributed by atoms with Crippen LogP contribution in [0, 0.1) is 13.8 Å². The van der Waals surface area contributed by atoms with Gasteiger partial charge in [-0.2, -0.15) is 0 Å². The zero-order valence-corrected chi connectivity index (χ0v) is 17.4. The molecule has 2 heterocycles. The first-order valence-electron chi connectivity index (χ1n) is 10.5. The topological polar surface area (TPSA) is 49.3 Å². The first kappa shape index (κ1) is 20.3. The van der Waals surface area contributed by atoms with Gasteiger partial charge in [0.05, 0.1) is 0 Å². The van der Waals surface area contributed by atoms with Crippen LogP contribution in [0.5, 0.6) is 0 Å². The molecule has 1 amide bonds. The van der Waals surface area contributed by atoms with Gasteiger partial charge in [0.15, 0.2) is 0 Å². The van der Waals surface area contributed by atoms with Gasteiger partial charge in [-0.1, -0.05) is 43.7 Å². The van der Waals surface area contributed by atoms with Crippen LogP contribution in [-0.4, -0.2) is 47.0 Å². The van der Waals surface area contributed by atoms with Crippen molar-refractivity contribution in [1.29, 1.82) is 0 Å². The van der Waals surface area contributed by atoms with Gasteiger partial charge in [-0.15, -0.1) is 0 Å².